The zero-order chi connectivity index (χ0) is 6.28. The fourth-order valence-electron chi connectivity index (χ4n) is 0. The number of hydrogen-bond donors (Lipinski definition) is 5. The van der Waals surface area contributed by atoms with E-state index in [4.69, 9.17) is 18.5 Å². The monoisotopic (exact) mass is 130 g/mol. The van der Waals surface area contributed by atoms with E-state index >= 15 is 0 Å². The average Bonchev–Trinajstić information content (AvgIpc) is 1.33. The van der Waals surface area contributed by atoms with Crippen molar-refractivity contribution in [1.82, 2.24) is 5.59 Å². The van der Waals surface area contributed by atoms with Gasteiger partial charge in [0.1, 0.15) is 0 Å². The van der Waals surface area contributed by atoms with Crippen molar-refractivity contribution in [2.75, 3.05) is 0 Å². The highest BCUT2D eigenvalue weighted by atomic mass is 32.2. The van der Waals surface area contributed by atoms with Gasteiger partial charge in [-0.25, -0.2) is 5.84 Å². The lowest BCUT2D eigenvalue weighted by atomic mass is 12.8. The summed E-state index contributed by atoms with van der Waals surface area (Å²) in [4.78, 5) is 0. The van der Waals surface area contributed by atoms with Gasteiger partial charge < -0.3 is 5.21 Å². The Labute approximate surface area is 42.4 Å². The highest BCUT2D eigenvalue weighted by Gasteiger charge is 1.62. The van der Waals surface area contributed by atoms with E-state index in [0.717, 1.165) is 0 Å². The Morgan fingerprint density at radius 1 is 1.57 bits per heavy atom. The van der Waals surface area contributed by atoms with Crippen LogP contribution in [-0.4, -0.2) is 18.5 Å². The molecular formula is H6N2O4S. The van der Waals surface area contributed by atoms with Gasteiger partial charge in [0.2, 0.25) is 0 Å². The molecule has 0 spiro atoms. The maximum atomic E-state index is 8.67. The molecule has 0 aliphatic carbocycles. The minimum Gasteiger partial charge on any atom is -0.302 e. The minimum absolute atomic E-state index is 1.25. The largest absolute Gasteiger partial charge is 0.302 e. The normalized spacial score (nSPS) is 7.57. The van der Waals surface area contributed by atoms with Crippen LogP contribution in [0.1, 0.15) is 0 Å². The predicted octanol–water partition coefficient (Wildman–Crippen LogP) is -1.48. The number of nitrogens with two attached hydrogens (primary N) is 1. The Morgan fingerprint density at radius 3 is 1.57 bits per heavy atom. The summed E-state index contributed by atoms with van der Waals surface area (Å²) in [6, 6.07) is 0. The maximum absolute atomic E-state index is 8.67. The summed E-state index contributed by atoms with van der Waals surface area (Å²) in [5.41, 5.74) is 1.25. The predicted molar refractivity (Wildman–Crippen MR) is 22.5 cm³/mol. The lowest BCUT2D eigenvalue weighted by Crippen LogP contribution is -2.14. The topological polar surface area (TPSA) is 116 Å². The van der Waals surface area contributed by atoms with Gasteiger partial charge in [0, 0.05) is 0 Å². The summed E-state index contributed by atoms with van der Waals surface area (Å²) in [5, 5.41) is 7.10. The van der Waals surface area contributed by atoms with Crippen molar-refractivity contribution in [3.63, 3.8) is 0 Å². The van der Waals surface area contributed by atoms with Gasteiger partial charge in [0.15, 0.2) is 0 Å². The fourth-order valence-corrected chi connectivity index (χ4v) is 0. The van der Waals surface area contributed by atoms with Gasteiger partial charge in [-0.3, -0.25) is 9.11 Å². The van der Waals surface area contributed by atoms with E-state index in [0.29, 0.717) is 0 Å². The molecular weight excluding hydrogens is 124 g/mol. The molecule has 6 nitrogen and oxygen atoms in total. The van der Waals surface area contributed by atoms with Crippen molar-refractivity contribution in [3.8, 4) is 0 Å². The van der Waals surface area contributed by atoms with Crippen molar-refractivity contribution < 1.29 is 18.5 Å². The van der Waals surface area contributed by atoms with E-state index in [1.807, 2.05) is 0 Å². The van der Waals surface area contributed by atoms with Gasteiger partial charge in [0.05, 0.1) is 0 Å². The van der Waals surface area contributed by atoms with Crippen LogP contribution in [0.3, 0.4) is 0 Å². The number of hydrogen-bond acceptors (Lipinski definition) is 4. The second kappa shape index (κ2) is 9.34. The minimum atomic E-state index is -2.61. The van der Waals surface area contributed by atoms with E-state index in [-0.39, 0.29) is 0 Å². The van der Waals surface area contributed by atoms with Crippen molar-refractivity contribution in [2.45, 2.75) is 0 Å². The fraction of sp³-hybridized carbons (Fsp3) is 0. The van der Waals surface area contributed by atoms with Crippen LogP contribution >= 0.6 is 0 Å². The average molecular weight is 130 g/mol. The van der Waals surface area contributed by atoms with Gasteiger partial charge in [-0.1, -0.05) is 0 Å². The van der Waals surface area contributed by atoms with E-state index < -0.39 is 11.4 Å². The van der Waals surface area contributed by atoms with E-state index in [1.165, 1.54) is 5.59 Å². The molecule has 0 saturated heterocycles. The first-order valence-electron chi connectivity index (χ1n) is 1.04. The molecule has 0 amide bonds. The number of hydrazine groups is 1. The molecule has 6 N–H and O–H groups in total. The van der Waals surface area contributed by atoms with Crippen LogP contribution in [-0.2, 0) is 11.4 Å². The standard InChI is InChI=1S/H4N2O.H2O3S/c1-2-3;1-4(2)3/h2-3H,1H2;(H2,1,2,3). The van der Waals surface area contributed by atoms with Crippen LogP contribution in [0.15, 0.2) is 0 Å². The van der Waals surface area contributed by atoms with Crippen LogP contribution in [0.2, 0.25) is 0 Å². The lowest BCUT2D eigenvalue weighted by Gasteiger charge is -1.62. The molecule has 0 atom stereocenters. The van der Waals surface area contributed by atoms with Crippen molar-refractivity contribution in [2.24, 2.45) is 5.84 Å². The molecule has 0 unspecified atom stereocenters. The summed E-state index contributed by atoms with van der Waals surface area (Å²) in [5.74, 6) is 4.15. The second-order valence-corrected chi connectivity index (χ2v) is 0.821. The smallest absolute Gasteiger partial charge is 0.299 e. The Balaban J connectivity index is 0. The molecule has 46 valence electrons. The first kappa shape index (κ1) is 10.0. The molecule has 7 heteroatoms. The number of nitrogens with one attached hydrogen (secondary N) is 1. The van der Waals surface area contributed by atoms with Gasteiger partial charge >= 0.3 is 0 Å². The first-order valence-corrected chi connectivity index (χ1v) is 2.11. The Kier molecular flexibility index (Phi) is 13.4. The highest BCUT2D eigenvalue weighted by molar-refractivity contribution is 7.73. The van der Waals surface area contributed by atoms with Crippen molar-refractivity contribution in [3.05, 3.63) is 0 Å². The van der Waals surface area contributed by atoms with Gasteiger partial charge in [-0.2, -0.15) is 4.21 Å². The first-order chi connectivity index (χ1) is 3.15. The molecule has 0 fully saturated rings. The highest BCUT2D eigenvalue weighted by Crippen LogP contribution is 1.44. The molecule has 0 rings (SSSR count). The summed E-state index contributed by atoms with van der Waals surface area (Å²) >= 11 is -2.61. The zero-order valence-corrected chi connectivity index (χ0v) is 4.05. The van der Waals surface area contributed by atoms with Gasteiger partial charge in [-0.05, 0) is 0 Å². The van der Waals surface area contributed by atoms with Crippen LogP contribution in [0.25, 0.3) is 0 Å². The van der Waals surface area contributed by atoms with Crippen LogP contribution < -0.4 is 11.4 Å². The van der Waals surface area contributed by atoms with E-state index in [9.17, 15) is 0 Å². The third-order valence-corrected chi connectivity index (χ3v) is 0. The zero-order valence-electron chi connectivity index (χ0n) is 3.24. The summed E-state index contributed by atoms with van der Waals surface area (Å²) < 4.78 is 22.8. The Hall–Kier alpha value is -0.0500. The van der Waals surface area contributed by atoms with Gasteiger partial charge in [0.25, 0.3) is 11.4 Å². The molecule has 0 aromatic carbocycles. The van der Waals surface area contributed by atoms with Gasteiger partial charge in [-0.15, -0.1) is 5.59 Å². The third-order valence-electron chi connectivity index (χ3n) is 0. The second-order valence-electron chi connectivity index (χ2n) is 0.360. The van der Waals surface area contributed by atoms with Crippen LogP contribution in [0.5, 0.6) is 0 Å². The molecule has 0 aromatic rings. The van der Waals surface area contributed by atoms with Crippen LogP contribution in [0, 0.1) is 0 Å². The molecule has 0 heterocycles. The molecule has 7 heavy (non-hydrogen) atoms. The summed E-state index contributed by atoms with van der Waals surface area (Å²) in [6.07, 6.45) is 0. The molecule has 0 bridgehead atoms. The lowest BCUT2D eigenvalue weighted by molar-refractivity contribution is 0.169. The summed E-state index contributed by atoms with van der Waals surface area (Å²) in [7, 11) is 0. The van der Waals surface area contributed by atoms with Crippen molar-refractivity contribution >= 4 is 11.4 Å². The van der Waals surface area contributed by atoms with Crippen LogP contribution in [0.4, 0.5) is 0 Å². The maximum Gasteiger partial charge on any atom is 0.299 e. The molecule has 0 aromatic heterocycles. The Bertz CT molecular complexity index is 41.0. The molecule has 0 saturated carbocycles. The van der Waals surface area contributed by atoms with E-state index in [1.54, 1.807) is 0 Å². The number of rotatable bonds is 0. The SMILES string of the molecule is NNO.O=S(O)O. The molecule has 0 aliphatic rings. The van der Waals surface area contributed by atoms with E-state index in [2.05, 4.69) is 5.84 Å². The molecule has 0 aliphatic heterocycles. The summed E-state index contributed by atoms with van der Waals surface area (Å²) in [6.45, 7) is 0. The van der Waals surface area contributed by atoms with Crippen molar-refractivity contribution in [1.29, 1.82) is 0 Å². The third kappa shape index (κ3) is 37100. The molecule has 0 radical (unpaired) electrons. The quantitative estimate of drug-likeness (QED) is 0.155. The Morgan fingerprint density at radius 2 is 1.57 bits per heavy atom.